The zero-order valence-electron chi connectivity index (χ0n) is 16.8. The number of benzene rings is 3. The normalized spacial score (nSPS) is 10.7. The van der Waals surface area contributed by atoms with E-state index in [2.05, 4.69) is 10.3 Å². The van der Waals surface area contributed by atoms with Crippen molar-refractivity contribution in [3.63, 3.8) is 0 Å². The fourth-order valence-corrected chi connectivity index (χ4v) is 4.28. The molecule has 0 atom stereocenters. The molecule has 6 nitrogen and oxygen atoms in total. The molecule has 156 valence electrons. The number of nitrogens with one attached hydrogen (secondary N) is 1. The summed E-state index contributed by atoms with van der Waals surface area (Å²) in [5.41, 5.74) is 3.74. The van der Waals surface area contributed by atoms with Crippen molar-refractivity contribution in [2.24, 2.45) is 0 Å². The third-order valence-corrected chi connectivity index (χ3v) is 5.83. The summed E-state index contributed by atoms with van der Waals surface area (Å²) in [7, 11) is 1.64. The van der Waals surface area contributed by atoms with Crippen LogP contribution in [0.1, 0.15) is 20.9 Å². The summed E-state index contributed by atoms with van der Waals surface area (Å²) in [4.78, 5) is 28.1. The summed E-state index contributed by atoms with van der Waals surface area (Å²) in [6.07, 6.45) is 0.154. The van der Waals surface area contributed by atoms with E-state index in [-0.39, 0.29) is 24.4 Å². The highest BCUT2D eigenvalue weighted by molar-refractivity contribution is 7.18. The number of ether oxygens (including phenoxy) is 1. The SMILES string of the molecule is COc1cc2sc(CC(=O)NCc3cccc(C(=O)O)c3)nc2cc1-c1ccccc1. The molecule has 0 spiro atoms. The molecule has 0 fully saturated rings. The number of hydrogen-bond donors (Lipinski definition) is 2. The predicted molar refractivity (Wildman–Crippen MR) is 121 cm³/mol. The van der Waals surface area contributed by atoms with Crippen LogP contribution in [0.25, 0.3) is 21.3 Å². The van der Waals surface area contributed by atoms with Gasteiger partial charge in [-0.1, -0.05) is 42.5 Å². The van der Waals surface area contributed by atoms with Crippen LogP contribution in [0, 0.1) is 0 Å². The summed E-state index contributed by atoms with van der Waals surface area (Å²) in [6, 6.07) is 20.4. The van der Waals surface area contributed by atoms with E-state index in [1.807, 2.05) is 42.5 Å². The van der Waals surface area contributed by atoms with Crippen LogP contribution in [0.3, 0.4) is 0 Å². The Bertz CT molecular complexity index is 1250. The van der Waals surface area contributed by atoms with Gasteiger partial charge in [-0.05, 0) is 29.3 Å². The van der Waals surface area contributed by atoms with Crippen LogP contribution >= 0.6 is 11.3 Å². The minimum atomic E-state index is -0.993. The van der Waals surface area contributed by atoms with E-state index < -0.39 is 5.97 Å². The van der Waals surface area contributed by atoms with Gasteiger partial charge < -0.3 is 15.2 Å². The predicted octanol–water partition coefficient (Wildman–Crippen LogP) is 4.53. The van der Waals surface area contributed by atoms with Gasteiger partial charge >= 0.3 is 5.97 Å². The number of carbonyl (C=O) groups excluding carboxylic acids is 1. The Morgan fingerprint density at radius 1 is 1.06 bits per heavy atom. The van der Waals surface area contributed by atoms with Gasteiger partial charge in [0.1, 0.15) is 10.8 Å². The third-order valence-electron chi connectivity index (χ3n) is 4.81. The van der Waals surface area contributed by atoms with Crippen molar-refractivity contribution in [1.29, 1.82) is 0 Å². The van der Waals surface area contributed by atoms with Crippen LogP contribution in [0.4, 0.5) is 0 Å². The zero-order chi connectivity index (χ0) is 21.8. The number of fused-ring (bicyclic) bond motifs is 1. The Labute approximate surface area is 183 Å². The Morgan fingerprint density at radius 2 is 1.87 bits per heavy atom. The van der Waals surface area contributed by atoms with Gasteiger partial charge in [0, 0.05) is 18.2 Å². The average Bonchev–Trinajstić information content (AvgIpc) is 3.18. The number of aromatic carboxylic acids is 1. The fourth-order valence-electron chi connectivity index (χ4n) is 3.31. The van der Waals surface area contributed by atoms with E-state index in [1.165, 1.54) is 17.4 Å². The molecule has 1 aromatic heterocycles. The van der Waals surface area contributed by atoms with Gasteiger partial charge in [0.2, 0.25) is 5.91 Å². The maximum Gasteiger partial charge on any atom is 0.335 e. The second-order valence-electron chi connectivity index (χ2n) is 6.95. The van der Waals surface area contributed by atoms with E-state index in [1.54, 1.807) is 25.3 Å². The first-order chi connectivity index (χ1) is 15.0. The largest absolute Gasteiger partial charge is 0.496 e. The molecule has 7 heteroatoms. The highest BCUT2D eigenvalue weighted by Crippen LogP contribution is 2.36. The molecule has 0 bridgehead atoms. The number of hydrogen-bond acceptors (Lipinski definition) is 5. The Kier molecular flexibility index (Phi) is 5.95. The second-order valence-corrected chi connectivity index (χ2v) is 8.07. The average molecular weight is 433 g/mol. The number of methoxy groups -OCH3 is 1. The number of carboxylic acid groups (broad SMARTS) is 1. The van der Waals surface area contributed by atoms with Gasteiger partial charge in [0.25, 0.3) is 0 Å². The van der Waals surface area contributed by atoms with E-state index >= 15 is 0 Å². The summed E-state index contributed by atoms with van der Waals surface area (Å²) in [6.45, 7) is 0.261. The first kappa shape index (κ1) is 20.6. The van der Waals surface area contributed by atoms with Gasteiger partial charge in [-0.2, -0.15) is 0 Å². The quantitative estimate of drug-likeness (QED) is 0.448. The maximum atomic E-state index is 12.4. The third kappa shape index (κ3) is 4.73. The van der Waals surface area contributed by atoms with Crippen LogP contribution < -0.4 is 10.1 Å². The summed E-state index contributed by atoms with van der Waals surface area (Å²) < 4.78 is 6.52. The number of carboxylic acids is 1. The van der Waals surface area contributed by atoms with Gasteiger partial charge in [-0.3, -0.25) is 4.79 Å². The lowest BCUT2D eigenvalue weighted by molar-refractivity contribution is -0.120. The molecule has 4 rings (SSSR count). The molecule has 0 unspecified atom stereocenters. The van der Waals surface area contributed by atoms with Crippen LogP contribution in [-0.2, 0) is 17.8 Å². The molecular weight excluding hydrogens is 412 g/mol. The molecule has 0 radical (unpaired) electrons. The molecule has 1 heterocycles. The Balaban J connectivity index is 1.49. The van der Waals surface area contributed by atoms with Crippen molar-refractivity contribution in [3.05, 3.63) is 82.9 Å². The monoisotopic (exact) mass is 432 g/mol. The van der Waals surface area contributed by atoms with Gasteiger partial charge in [-0.25, -0.2) is 9.78 Å². The topological polar surface area (TPSA) is 88.5 Å². The lowest BCUT2D eigenvalue weighted by Gasteiger charge is -2.08. The van der Waals surface area contributed by atoms with Crippen LogP contribution in [0.15, 0.2) is 66.7 Å². The van der Waals surface area contributed by atoms with E-state index in [9.17, 15) is 9.59 Å². The first-order valence-electron chi connectivity index (χ1n) is 9.65. The van der Waals surface area contributed by atoms with Crippen molar-refractivity contribution in [3.8, 4) is 16.9 Å². The lowest BCUT2D eigenvalue weighted by Crippen LogP contribution is -2.24. The standard InChI is InChI=1S/C24H20N2O4S/c1-30-20-12-21-19(11-18(20)16-7-3-2-4-8-16)26-23(31-21)13-22(27)25-14-15-6-5-9-17(10-15)24(28)29/h2-12H,13-14H2,1H3,(H,25,27)(H,28,29). The minimum Gasteiger partial charge on any atom is -0.496 e. The molecule has 1 amide bonds. The number of nitrogens with zero attached hydrogens (tertiary/aromatic N) is 1. The van der Waals surface area contributed by atoms with E-state index in [0.717, 1.165) is 32.7 Å². The minimum absolute atomic E-state index is 0.154. The highest BCUT2D eigenvalue weighted by atomic mass is 32.1. The molecule has 0 saturated carbocycles. The maximum absolute atomic E-state index is 12.4. The number of rotatable bonds is 7. The number of aromatic nitrogens is 1. The van der Waals surface area contributed by atoms with E-state index in [4.69, 9.17) is 9.84 Å². The molecule has 0 saturated heterocycles. The molecule has 31 heavy (non-hydrogen) atoms. The summed E-state index contributed by atoms with van der Waals surface area (Å²) in [5.74, 6) is -0.403. The second kappa shape index (κ2) is 8.97. The molecule has 0 aliphatic heterocycles. The molecule has 3 aromatic carbocycles. The van der Waals surface area contributed by atoms with Crippen molar-refractivity contribution < 1.29 is 19.4 Å². The van der Waals surface area contributed by atoms with Crippen molar-refractivity contribution in [2.75, 3.05) is 7.11 Å². The van der Waals surface area contributed by atoms with Crippen LogP contribution in [0.2, 0.25) is 0 Å². The zero-order valence-corrected chi connectivity index (χ0v) is 17.6. The lowest BCUT2D eigenvalue weighted by atomic mass is 10.0. The smallest absolute Gasteiger partial charge is 0.335 e. The highest BCUT2D eigenvalue weighted by Gasteiger charge is 2.14. The summed E-state index contributed by atoms with van der Waals surface area (Å²) >= 11 is 1.46. The Morgan fingerprint density at radius 3 is 2.61 bits per heavy atom. The number of amides is 1. The van der Waals surface area contributed by atoms with Gasteiger partial charge in [0.15, 0.2) is 0 Å². The van der Waals surface area contributed by atoms with Crippen molar-refractivity contribution in [1.82, 2.24) is 10.3 Å². The molecular formula is C24H20N2O4S. The van der Waals surface area contributed by atoms with Crippen LogP contribution in [-0.4, -0.2) is 29.1 Å². The number of carbonyl (C=O) groups is 2. The molecule has 0 aliphatic carbocycles. The summed E-state index contributed by atoms with van der Waals surface area (Å²) in [5, 5.41) is 12.6. The first-order valence-corrected chi connectivity index (χ1v) is 10.5. The molecule has 2 N–H and O–H groups in total. The molecule has 0 aliphatic rings. The van der Waals surface area contributed by atoms with Crippen molar-refractivity contribution in [2.45, 2.75) is 13.0 Å². The van der Waals surface area contributed by atoms with Gasteiger partial charge in [-0.15, -0.1) is 11.3 Å². The number of thiazole rings is 1. The van der Waals surface area contributed by atoms with Crippen molar-refractivity contribution >= 4 is 33.4 Å². The molecule has 4 aromatic rings. The fraction of sp³-hybridized carbons (Fsp3) is 0.125. The van der Waals surface area contributed by atoms with Crippen LogP contribution in [0.5, 0.6) is 5.75 Å². The van der Waals surface area contributed by atoms with Gasteiger partial charge in [0.05, 0.1) is 29.3 Å². The Hall–Kier alpha value is -3.71. The van der Waals surface area contributed by atoms with E-state index in [0.29, 0.717) is 5.01 Å².